The summed E-state index contributed by atoms with van der Waals surface area (Å²) in [6.07, 6.45) is 4.38. The lowest BCUT2D eigenvalue weighted by molar-refractivity contribution is -0.117. The lowest BCUT2D eigenvalue weighted by Gasteiger charge is -2.27. The third-order valence-electron chi connectivity index (χ3n) is 5.71. The first-order chi connectivity index (χ1) is 18.0. The van der Waals surface area contributed by atoms with Crippen molar-refractivity contribution in [2.75, 3.05) is 36.5 Å². The van der Waals surface area contributed by atoms with Crippen LogP contribution in [0, 0.1) is 23.2 Å². The fourth-order valence-corrected chi connectivity index (χ4v) is 4.91. The first-order valence-corrected chi connectivity index (χ1v) is 12.3. The molecular weight excluding hydrogens is 490 g/mol. The zero-order chi connectivity index (χ0) is 25.8. The van der Waals surface area contributed by atoms with Gasteiger partial charge in [-0.2, -0.15) is 0 Å². The van der Waals surface area contributed by atoms with Gasteiger partial charge in [0.1, 0.15) is 5.00 Å². The van der Waals surface area contributed by atoms with E-state index < -0.39 is 18.1 Å². The van der Waals surface area contributed by atoms with Crippen molar-refractivity contribution in [3.63, 3.8) is 0 Å². The van der Waals surface area contributed by atoms with E-state index in [1.165, 1.54) is 11.3 Å². The van der Waals surface area contributed by atoms with E-state index in [-0.39, 0.29) is 11.6 Å². The number of rotatable bonds is 4. The summed E-state index contributed by atoms with van der Waals surface area (Å²) < 4.78 is 10.9. The van der Waals surface area contributed by atoms with Gasteiger partial charge in [-0.05, 0) is 12.0 Å². The van der Waals surface area contributed by atoms with Crippen LogP contribution in [0.2, 0.25) is 0 Å². The molecule has 186 valence electrons. The average molecular weight is 514 g/mol. The number of para-hydroxylation sites is 1. The molecule has 0 radical (unpaired) electrons. The Hall–Kier alpha value is -4.53. The number of morpholine rings is 1. The molecule has 2 aliphatic rings. The van der Waals surface area contributed by atoms with Crippen molar-refractivity contribution in [2.45, 2.75) is 6.17 Å². The zero-order valence-corrected chi connectivity index (χ0v) is 20.5. The summed E-state index contributed by atoms with van der Waals surface area (Å²) >= 11 is 1.28. The second-order valence-corrected chi connectivity index (χ2v) is 9.08. The van der Waals surface area contributed by atoms with Crippen LogP contribution in [0.15, 0.2) is 59.6 Å². The number of nitrogens with one attached hydrogen (secondary N) is 4. The largest absolute Gasteiger partial charge is 0.405 e. The number of amides is 1. The fraction of sp³-hybridized carbons (Fsp3) is 0.192. The molecule has 1 saturated heterocycles. The van der Waals surface area contributed by atoms with Gasteiger partial charge in [-0.3, -0.25) is 15.6 Å². The van der Waals surface area contributed by atoms with E-state index >= 15 is 0 Å². The van der Waals surface area contributed by atoms with E-state index in [0.717, 1.165) is 11.1 Å². The smallest absolute Gasteiger partial charge is 0.290 e. The first-order valence-electron chi connectivity index (χ1n) is 11.5. The summed E-state index contributed by atoms with van der Waals surface area (Å²) in [6.45, 7) is 2.36. The van der Waals surface area contributed by atoms with Crippen LogP contribution < -0.4 is 15.5 Å². The van der Waals surface area contributed by atoms with Crippen molar-refractivity contribution >= 4 is 45.6 Å². The van der Waals surface area contributed by atoms with Gasteiger partial charge in [0, 0.05) is 24.2 Å². The Morgan fingerprint density at radius 3 is 2.65 bits per heavy atom. The molecular formula is C26H23N7O3S. The maximum Gasteiger partial charge on any atom is 0.290 e. The lowest BCUT2D eigenvalue weighted by atomic mass is 10.0. The quantitative estimate of drug-likeness (QED) is 0.241. The molecule has 11 heteroatoms. The molecule has 2 aromatic carbocycles. The number of benzene rings is 2. The van der Waals surface area contributed by atoms with Gasteiger partial charge in [0.2, 0.25) is 12.1 Å². The molecule has 3 heterocycles. The van der Waals surface area contributed by atoms with Crippen molar-refractivity contribution in [2.24, 2.45) is 4.99 Å². The molecule has 1 atom stereocenters. The predicted octanol–water partition coefficient (Wildman–Crippen LogP) is 2.64. The maximum atomic E-state index is 13.0. The van der Waals surface area contributed by atoms with Crippen LogP contribution in [0.25, 0.3) is 0 Å². The van der Waals surface area contributed by atoms with Gasteiger partial charge in [0.15, 0.2) is 10.7 Å². The zero-order valence-electron chi connectivity index (χ0n) is 19.7. The average Bonchev–Trinajstić information content (AvgIpc) is 3.32. The molecule has 0 bridgehead atoms. The number of nitrogens with zero attached hydrogens (tertiary/aromatic N) is 3. The van der Waals surface area contributed by atoms with Crippen molar-refractivity contribution in [1.29, 1.82) is 10.8 Å². The lowest BCUT2D eigenvalue weighted by Crippen LogP contribution is -2.43. The second kappa shape index (κ2) is 10.6. The minimum Gasteiger partial charge on any atom is -0.405 e. The van der Waals surface area contributed by atoms with Crippen LogP contribution in [-0.4, -0.2) is 61.0 Å². The normalized spacial score (nSPS) is 16.9. The van der Waals surface area contributed by atoms with Gasteiger partial charge in [0.05, 0.1) is 24.6 Å². The Balaban J connectivity index is 1.37. The summed E-state index contributed by atoms with van der Waals surface area (Å²) in [5.74, 6) is 1.68. The first kappa shape index (κ1) is 24.2. The standard InChI is InChI=1S/C26H23N7O3S/c1-2-19-30-21(25(37-19)33-12-14-35-15-13-33)22(27)36-26(28)32-23-24(34)29-18-11-7-6-10-17(18)20(31-23)16-8-4-3-5-9-16/h1,3-11,23,27H,12-15H2,(H2,28,32)(H,29,34)/t23-/m1/s1. The number of benzodiazepines with no additional fused rings is 1. The summed E-state index contributed by atoms with van der Waals surface area (Å²) in [4.78, 5) is 24.0. The number of aliphatic imine (C=N–C) groups is 1. The molecule has 4 N–H and O–H groups in total. The molecule has 37 heavy (non-hydrogen) atoms. The molecule has 2 aliphatic heterocycles. The number of terminal acetylenes is 1. The molecule has 1 fully saturated rings. The maximum absolute atomic E-state index is 13.0. The van der Waals surface area contributed by atoms with Crippen LogP contribution in [0.4, 0.5) is 10.7 Å². The van der Waals surface area contributed by atoms with Crippen LogP contribution in [-0.2, 0) is 14.3 Å². The molecule has 5 rings (SSSR count). The number of aromatic nitrogens is 1. The summed E-state index contributed by atoms with van der Waals surface area (Å²) in [5, 5.41) is 23.4. The summed E-state index contributed by atoms with van der Waals surface area (Å²) in [7, 11) is 0. The molecule has 3 aromatic rings. The van der Waals surface area contributed by atoms with Crippen molar-refractivity contribution in [3.8, 4) is 12.3 Å². The number of anilines is 2. The van der Waals surface area contributed by atoms with Crippen LogP contribution >= 0.6 is 11.3 Å². The summed E-state index contributed by atoms with van der Waals surface area (Å²) in [5.41, 5.74) is 3.00. The van der Waals surface area contributed by atoms with E-state index in [9.17, 15) is 4.79 Å². The van der Waals surface area contributed by atoms with Gasteiger partial charge >= 0.3 is 0 Å². The van der Waals surface area contributed by atoms with E-state index in [4.69, 9.17) is 26.7 Å². The number of carbonyl (C=O) groups is 1. The number of amidine groups is 1. The number of thiazole rings is 1. The van der Waals surface area contributed by atoms with Crippen LogP contribution in [0.5, 0.6) is 0 Å². The SMILES string of the molecule is C#Cc1nc(C(=N)OC(=N)N[C@H]2N=C(c3ccccc3)c3ccccc3NC2=O)c(N2CCOCC2)s1. The minimum atomic E-state index is -1.17. The highest BCUT2D eigenvalue weighted by Crippen LogP contribution is 2.30. The monoisotopic (exact) mass is 513 g/mol. The molecule has 0 aliphatic carbocycles. The van der Waals surface area contributed by atoms with Crippen molar-refractivity contribution in [3.05, 3.63) is 76.4 Å². The number of hydrogen-bond donors (Lipinski definition) is 4. The van der Waals surface area contributed by atoms with Crippen LogP contribution in [0.3, 0.4) is 0 Å². The van der Waals surface area contributed by atoms with Gasteiger partial charge < -0.3 is 25.0 Å². The predicted molar refractivity (Wildman–Crippen MR) is 143 cm³/mol. The van der Waals surface area contributed by atoms with E-state index in [1.807, 2.05) is 53.4 Å². The highest BCUT2D eigenvalue weighted by atomic mass is 32.1. The fourth-order valence-electron chi connectivity index (χ4n) is 3.99. The molecule has 0 spiro atoms. The van der Waals surface area contributed by atoms with Gasteiger partial charge in [0.25, 0.3) is 11.9 Å². The van der Waals surface area contributed by atoms with Crippen molar-refractivity contribution in [1.82, 2.24) is 10.3 Å². The topological polar surface area (TPSA) is 136 Å². The Morgan fingerprint density at radius 2 is 1.89 bits per heavy atom. The van der Waals surface area contributed by atoms with E-state index in [1.54, 1.807) is 6.07 Å². The number of ether oxygens (including phenoxy) is 2. The van der Waals surface area contributed by atoms with E-state index in [0.29, 0.717) is 47.7 Å². The number of carbonyl (C=O) groups excluding carboxylic acids is 1. The Morgan fingerprint density at radius 1 is 1.16 bits per heavy atom. The molecule has 10 nitrogen and oxygen atoms in total. The highest BCUT2D eigenvalue weighted by molar-refractivity contribution is 7.16. The molecule has 1 aromatic heterocycles. The minimum absolute atomic E-state index is 0.234. The highest BCUT2D eigenvalue weighted by Gasteiger charge is 2.28. The number of fused-ring (bicyclic) bond motifs is 1. The third-order valence-corrected chi connectivity index (χ3v) is 6.76. The third kappa shape index (κ3) is 5.20. The molecule has 0 unspecified atom stereocenters. The molecule has 1 amide bonds. The Kier molecular flexibility index (Phi) is 6.93. The Bertz CT molecular complexity index is 1420. The van der Waals surface area contributed by atoms with Crippen LogP contribution in [0.1, 0.15) is 21.8 Å². The van der Waals surface area contributed by atoms with Gasteiger partial charge in [-0.1, -0.05) is 59.9 Å². The van der Waals surface area contributed by atoms with Gasteiger partial charge in [-0.15, -0.1) is 6.42 Å². The molecule has 0 saturated carbocycles. The van der Waals surface area contributed by atoms with E-state index in [2.05, 4.69) is 26.5 Å². The second-order valence-electron chi connectivity index (χ2n) is 8.10. The van der Waals surface area contributed by atoms with Crippen molar-refractivity contribution < 1.29 is 14.3 Å². The summed E-state index contributed by atoms with van der Waals surface area (Å²) in [6, 6.07) is 16.3. The number of hydrogen-bond acceptors (Lipinski definition) is 9. The Labute approximate surface area is 217 Å². The van der Waals surface area contributed by atoms with Gasteiger partial charge in [-0.25, -0.2) is 9.98 Å².